The quantitative estimate of drug-likeness (QED) is 0.784. The van der Waals surface area contributed by atoms with Crippen LogP contribution in [0.5, 0.6) is 0 Å². The Morgan fingerprint density at radius 2 is 1.92 bits per heavy atom. The maximum absolute atomic E-state index is 11.6. The zero-order chi connectivity index (χ0) is 17.6. The number of rotatable bonds is 3. The summed E-state index contributed by atoms with van der Waals surface area (Å²) in [4.78, 5) is 6.97. The summed E-state index contributed by atoms with van der Waals surface area (Å²) < 4.78 is 28.0. The van der Waals surface area contributed by atoms with E-state index in [-0.39, 0.29) is 0 Å². The Labute approximate surface area is 147 Å². The van der Waals surface area contributed by atoms with Crippen molar-refractivity contribution < 1.29 is 8.42 Å². The molecule has 1 N–H and O–H groups in total. The number of aromatic nitrogens is 2. The molecule has 1 aliphatic heterocycles. The fourth-order valence-corrected chi connectivity index (χ4v) is 3.92. The molecule has 6 nitrogen and oxygen atoms in total. The highest BCUT2D eigenvalue weighted by molar-refractivity contribution is 7.92. The first-order valence-corrected chi connectivity index (χ1v) is 10.1. The first kappa shape index (κ1) is 16.0. The summed E-state index contributed by atoms with van der Waals surface area (Å²) >= 11 is 0. The highest BCUT2D eigenvalue weighted by Gasteiger charge is 2.20. The second-order valence-corrected chi connectivity index (χ2v) is 8.21. The van der Waals surface area contributed by atoms with Crippen LogP contribution in [0.3, 0.4) is 0 Å². The van der Waals surface area contributed by atoms with Gasteiger partial charge in [-0.2, -0.15) is 0 Å². The third-order valence-electron chi connectivity index (χ3n) is 4.54. The highest BCUT2D eigenvalue weighted by atomic mass is 32.2. The normalized spacial score (nSPS) is 14.6. The van der Waals surface area contributed by atoms with Crippen LogP contribution >= 0.6 is 0 Å². The molecule has 1 aliphatic rings. The van der Waals surface area contributed by atoms with Crippen molar-refractivity contribution in [3.63, 3.8) is 0 Å². The average molecular weight is 356 g/mol. The molecule has 3 aromatic rings. The Hall–Kier alpha value is -2.54. The number of sulfonamides is 1. The van der Waals surface area contributed by atoms with Crippen LogP contribution in [0.25, 0.3) is 11.0 Å². The van der Waals surface area contributed by atoms with Gasteiger partial charge in [0.2, 0.25) is 10.0 Å². The zero-order valence-corrected chi connectivity index (χ0v) is 15.0. The van der Waals surface area contributed by atoms with Crippen LogP contribution in [0.1, 0.15) is 11.4 Å². The van der Waals surface area contributed by atoms with Gasteiger partial charge >= 0.3 is 0 Å². The van der Waals surface area contributed by atoms with Crippen LogP contribution in [-0.2, 0) is 23.1 Å². The van der Waals surface area contributed by atoms with E-state index in [1.165, 1.54) is 11.8 Å². The number of fused-ring (bicyclic) bond motifs is 3. The molecule has 0 saturated carbocycles. The Bertz CT molecular complexity index is 1060. The van der Waals surface area contributed by atoms with E-state index in [0.717, 1.165) is 35.7 Å². The molecule has 130 valence electrons. The molecule has 1 aromatic heterocycles. The molecule has 2 heterocycles. The van der Waals surface area contributed by atoms with Gasteiger partial charge < -0.3 is 9.47 Å². The lowest BCUT2D eigenvalue weighted by atomic mass is 10.1. The standard InChI is InChI=1S/C18H20N4O2S/c1-13-7-8-14(11-16(13)20-25(2,23)24)21-9-10-22-17-6-4-3-5-15(17)19-18(22)12-21/h3-8,11,20H,9-10,12H2,1-2H3. The minimum Gasteiger partial charge on any atom is -0.362 e. The van der Waals surface area contributed by atoms with Gasteiger partial charge in [-0.25, -0.2) is 13.4 Å². The molecular weight excluding hydrogens is 336 g/mol. The summed E-state index contributed by atoms with van der Waals surface area (Å²) in [7, 11) is -3.30. The van der Waals surface area contributed by atoms with Gasteiger partial charge in [0, 0.05) is 18.8 Å². The Kier molecular flexibility index (Phi) is 3.68. The van der Waals surface area contributed by atoms with Crippen molar-refractivity contribution in [3.05, 3.63) is 53.9 Å². The predicted octanol–water partition coefficient (Wildman–Crippen LogP) is 2.74. The van der Waals surface area contributed by atoms with Gasteiger partial charge in [-0.3, -0.25) is 4.72 Å². The number of nitrogens with zero attached hydrogens (tertiary/aromatic N) is 3. The van der Waals surface area contributed by atoms with E-state index in [2.05, 4.69) is 20.3 Å². The summed E-state index contributed by atoms with van der Waals surface area (Å²) in [6.45, 7) is 4.32. The maximum Gasteiger partial charge on any atom is 0.229 e. The third-order valence-corrected chi connectivity index (χ3v) is 5.13. The molecular formula is C18H20N4O2S. The van der Waals surface area contributed by atoms with Gasteiger partial charge in [0.25, 0.3) is 0 Å². The molecule has 7 heteroatoms. The molecule has 4 rings (SSSR count). The summed E-state index contributed by atoms with van der Waals surface area (Å²) in [5, 5.41) is 0. The number of benzene rings is 2. The van der Waals surface area contributed by atoms with Gasteiger partial charge in [0.1, 0.15) is 5.82 Å². The van der Waals surface area contributed by atoms with Crippen molar-refractivity contribution in [2.45, 2.75) is 20.0 Å². The van der Waals surface area contributed by atoms with Gasteiger partial charge in [-0.05, 0) is 36.8 Å². The van der Waals surface area contributed by atoms with Crippen molar-refractivity contribution in [1.82, 2.24) is 9.55 Å². The molecule has 0 atom stereocenters. The van der Waals surface area contributed by atoms with Crippen LogP contribution in [0.15, 0.2) is 42.5 Å². The van der Waals surface area contributed by atoms with Crippen LogP contribution in [0, 0.1) is 6.92 Å². The topological polar surface area (TPSA) is 67.2 Å². The fourth-order valence-electron chi connectivity index (χ4n) is 3.30. The number of imidazole rings is 1. The lowest BCUT2D eigenvalue weighted by molar-refractivity contribution is 0.571. The number of nitrogens with one attached hydrogen (secondary N) is 1. The molecule has 0 unspecified atom stereocenters. The van der Waals surface area contributed by atoms with E-state index in [1.54, 1.807) is 0 Å². The van der Waals surface area contributed by atoms with Crippen molar-refractivity contribution in [1.29, 1.82) is 0 Å². The minimum atomic E-state index is -3.30. The predicted molar refractivity (Wildman–Crippen MR) is 100 cm³/mol. The number of aryl methyl sites for hydroxylation is 1. The number of hydrogen-bond donors (Lipinski definition) is 1. The average Bonchev–Trinajstić information content (AvgIpc) is 2.93. The van der Waals surface area contributed by atoms with Crippen LogP contribution < -0.4 is 9.62 Å². The van der Waals surface area contributed by atoms with E-state index in [4.69, 9.17) is 4.98 Å². The largest absolute Gasteiger partial charge is 0.362 e. The zero-order valence-electron chi connectivity index (χ0n) is 14.2. The lowest BCUT2D eigenvalue weighted by Crippen LogP contribution is -2.33. The molecule has 0 radical (unpaired) electrons. The monoisotopic (exact) mass is 356 g/mol. The van der Waals surface area contributed by atoms with Gasteiger partial charge in [-0.1, -0.05) is 18.2 Å². The second-order valence-electron chi connectivity index (χ2n) is 6.46. The number of para-hydroxylation sites is 2. The minimum absolute atomic E-state index is 0.624. The Morgan fingerprint density at radius 3 is 2.72 bits per heavy atom. The van der Waals surface area contributed by atoms with Crippen molar-refractivity contribution in [2.75, 3.05) is 22.4 Å². The molecule has 0 saturated heterocycles. The Morgan fingerprint density at radius 1 is 1.12 bits per heavy atom. The fraction of sp³-hybridized carbons (Fsp3) is 0.278. The highest BCUT2D eigenvalue weighted by Crippen LogP contribution is 2.28. The van der Waals surface area contributed by atoms with Crippen LogP contribution in [-0.4, -0.2) is 30.8 Å². The van der Waals surface area contributed by atoms with Gasteiger partial charge in [0.05, 0.1) is 29.5 Å². The van der Waals surface area contributed by atoms with E-state index in [1.807, 2.05) is 43.3 Å². The lowest BCUT2D eigenvalue weighted by Gasteiger charge is -2.30. The van der Waals surface area contributed by atoms with Crippen molar-refractivity contribution in [2.24, 2.45) is 0 Å². The summed E-state index contributed by atoms with van der Waals surface area (Å²) in [6, 6.07) is 14.0. The summed E-state index contributed by atoms with van der Waals surface area (Å²) in [5.41, 5.74) is 4.70. The van der Waals surface area contributed by atoms with Gasteiger partial charge in [0.15, 0.2) is 0 Å². The van der Waals surface area contributed by atoms with Crippen molar-refractivity contribution >= 4 is 32.4 Å². The van der Waals surface area contributed by atoms with Crippen molar-refractivity contribution in [3.8, 4) is 0 Å². The van der Waals surface area contributed by atoms with E-state index < -0.39 is 10.0 Å². The van der Waals surface area contributed by atoms with E-state index in [0.29, 0.717) is 12.2 Å². The summed E-state index contributed by atoms with van der Waals surface area (Å²) in [6.07, 6.45) is 1.17. The first-order valence-electron chi connectivity index (χ1n) is 8.18. The second kappa shape index (κ2) is 5.77. The van der Waals surface area contributed by atoms with Gasteiger partial charge in [-0.15, -0.1) is 0 Å². The Balaban J connectivity index is 1.66. The van der Waals surface area contributed by atoms with Crippen LogP contribution in [0.2, 0.25) is 0 Å². The molecule has 25 heavy (non-hydrogen) atoms. The third kappa shape index (κ3) is 3.07. The molecule has 0 fully saturated rings. The molecule has 2 aromatic carbocycles. The molecule has 0 bridgehead atoms. The maximum atomic E-state index is 11.6. The van der Waals surface area contributed by atoms with E-state index in [9.17, 15) is 8.42 Å². The number of hydrogen-bond acceptors (Lipinski definition) is 4. The van der Waals surface area contributed by atoms with E-state index >= 15 is 0 Å². The molecule has 0 aliphatic carbocycles. The SMILES string of the molecule is Cc1ccc(N2CCn3c(nc4ccccc43)C2)cc1NS(C)(=O)=O. The first-order chi connectivity index (χ1) is 11.9. The van der Waals surface area contributed by atoms with Crippen LogP contribution in [0.4, 0.5) is 11.4 Å². The molecule has 0 amide bonds. The summed E-state index contributed by atoms with van der Waals surface area (Å²) in [5.74, 6) is 1.03. The number of anilines is 2. The molecule has 0 spiro atoms. The smallest absolute Gasteiger partial charge is 0.229 e.